The maximum atomic E-state index is 12.1. The summed E-state index contributed by atoms with van der Waals surface area (Å²) >= 11 is 2.73. The molecule has 0 saturated carbocycles. The number of nitrogens with one attached hydrogen (secondary N) is 1. The summed E-state index contributed by atoms with van der Waals surface area (Å²) in [6, 6.07) is 5.63. The lowest BCUT2D eigenvalue weighted by Crippen LogP contribution is -2.14. The Bertz CT molecular complexity index is 969. The Labute approximate surface area is 157 Å². The number of anilines is 1. The summed E-state index contributed by atoms with van der Waals surface area (Å²) in [5.41, 5.74) is 1.76. The molecule has 0 bridgehead atoms. The van der Waals surface area contributed by atoms with Gasteiger partial charge in [-0.05, 0) is 25.1 Å². The van der Waals surface area contributed by atoms with E-state index in [-0.39, 0.29) is 18.5 Å². The molecule has 0 fully saturated rings. The molecule has 134 valence electrons. The van der Waals surface area contributed by atoms with Crippen LogP contribution in [-0.4, -0.2) is 38.2 Å². The van der Waals surface area contributed by atoms with Crippen molar-refractivity contribution in [2.24, 2.45) is 7.05 Å². The van der Waals surface area contributed by atoms with Gasteiger partial charge in [-0.25, -0.2) is 4.98 Å². The SMILES string of the molecule is Cc1csc(NC(=O)CSc2nnc(-c3ccc4c(c3)OCO4)n2C)n1. The van der Waals surface area contributed by atoms with Gasteiger partial charge in [-0.3, -0.25) is 4.79 Å². The zero-order chi connectivity index (χ0) is 18.1. The molecule has 2 aromatic heterocycles. The fourth-order valence-electron chi connectivity index (χ4n) is 2.42. The maximum Gasteiger partial charge on any atom is 0.236 e. The third-order valence-electron chi connectivity index (χ3n) is 3.66. The van der Waals surface area contributed by atoms with E-state index in [1.807, 2.05) is 42.1 Å². The summed E-state index contributed by atoms with van der Waals surface area (Å²) in [5.74, 6) is 2.21. The monoisotopic (exact) mass is 389 g/mol. The number of hydrogen-bond acceptors (Lipinski definition) is 8. The zero-order valence-corrected chi connectivity index (χ0v) is 15.7. The number of carbonyl (C=O) groups excluding carboxylic acids is 1. The molecule has 1 aliphatic rings. The molecule has 26 heavy (non-hydrogen) atoms. The van der Waals surface area contributed by atoms with Gasteiger partial charge in [-0.2, -0.15) is 0 Å². The van der Waals surface area contributed by atoms with Crippen molar-refractivity contribution in [3.05, 3.63) is 29.3 Å². The molecule has 1 aliphatic heterocycles. The highest BCUT2D eigenvalue weighted by Crippen LogP contribution is 2.35. The van der Waals surface area contributed by atoms with E-state index in [9.17, 15) is 4.79 Å². The Balaban J connectivity index is 1.43. The summed E-state index contributed by atoms with van der Waals surface area (Å²) < 4.78 is 12.6. The van der Waals surface area contributed by atoms with Gasteiger partial charge >= 0.3 is 0 Å². The highest BCUT2D eigenvalue weighted by Gasteiger charge is 2.18. The van der Waals surface area contributed by atoms with E-state index in [0.29, 0.717) is 21.9 Å². The van der Waals surface area contributed by atoms with Crippen LogP contribution in [0.4, 0.5) is 5.13 Å². The molecule has 0 radical (unpaired) electrons. The van der Waals surface area contributed by atoms with Gasteiger partial charge in [0.25, 0.3) is 0 Å². The smallest absolute Gasteiger partial charge is 0.236 e. The summed E-state index contributed by atoms with van der Waals surface area (Å²) in [4.78, 5) is 16.3. The second kappa shape index (κ2) is 6.96. The van der Waals surface area contributed by atoms with Gasteiger partial charge < -0.3 is 19.4 Å². The average Bonchev–Trinajstić information content (AvgIpc) is 3.33. The molecule has 10 heteroatoms. The van der Waals surface area contributed by atoms with Gasteiger partial charge in [0.15, 0.2) is 27.6 Å². The zero-order valence-electron chi connectivity index (χ0n) is 14.1. The van der Waals surface area contributed by atoms with E-state index in [2.05, 4.69) is 20.5 Å². The summed E-state index contributed by atoms with van der Waals surface area (Å²) in [5, 5.41) is 14.3. The van der Waals surface area contributed by atoms with Crippen LogP contribution in [0.5, 0.6) is 11.5 Å². The number of rotatable bonds is 5. The number of aromatic nitrogens is 4. The minimum absolute atomic E-state index is 0.128. The molecule has 0 unspecified atom stereocenters. The minimum atomic E-state index is -0.128. The molecule has 0 aliphatic carbocycles. The first-order valence-electron chi connectivity index (χ1n) is 7.74. The van der Waals surface area contributed by atoms with Crippen LogP contribution in [0.25, 0.3) is 11.4 Å². The van der Waals surface area contributed by atoms with E-state index >= 15 is 0 Å². The van der Waals surface area contributed by atoms with Crippen molar-refractivity contribution in [3.8, 4) is 22.9 Å². The van der Waals surface area contributed by atoms with E-state index in [1.54, 1.807) is 0 Å². The highest BCUT2D eigenvalue weighted by atomic mass is 32.2. The first-order valence-corrected chi connectivity index (χ1v) is 9.61. The normalized spacial score (nSPS) is 12.4. The van der Waals surface area contributed by atoms with Crippen LogP contribution in [0.3, 0.4) is 0 Å². The molecule has 3 aromatic rings. The molecular weight excluding hydrogens is 374 g/mol. The summed E-state index contributed by atoms with van der Waals surface area (Å²) in [7, 11) is 1.87. The van der Waals surface area contributed by atoms with Crippen molar-refractivity contribution in [1.29, 1.82) is 0 Å². The fourth-order valence-corrected chi connectivity index (χ4v) is 3.84. The topological polar surface area (TPSA) is 91.2 Å². The van der Waals surface area contributed by atoms with Crippen LogP contribution < -0.4 is 14.8 Å². The third kappa shape index (κ3) is 3.37. The Kier molecular flexibility index (Phi) is 4.51. The second-order valence-corrected chi connectivity index (χ2v) is 7.36. The van der Waals surface area contributed by atoms with Gasteiger partial charge in [-0.1, -0.05) is 11.8 Å². The Morgan fingerprint density at radius 2 is 2.19 bits per heavy atom. The maximum absolute atomic E-state index is 12.1. The lowest BCUT2D eigenvalue weighted by atomic mass is 10.2. The van der Waals surface area contributed by atoms with E-state index in [1.165, 1.54) is 23.1 Å². The highest BCUT2D eigenvalue weighted by molar-refractivity contribution is 7.99. The molecule has 0 saturated heterocycles. The number of amides is 1. The van der Waals surface area contributed by atoms with Crippen LogP contribution in [-0.2, 0) is 11.8 Å². The number of thiazole rings is 1. The average molecular weight is 389 g/mol. The van der Waals surface area contributed by atoms with Crippen molar-refractivity contribution in [1.82, 2.24) is 19.7 Å². The number of carbonyl (C=O) groups is 1. The van der Waals surface area contributed by atoms with Crippen LogP contribution in [0, 0.1) is 6.92 Å². The Morgan fingerprint density at radius 3 is 3.00 bits per heavy atom. The number of hydrogen-bond donors (Lipinski definition) is 1. The standard InChI is InChI=1S/C16H15N5O3S2/c1-9-6-25-15(17-9)18-13(22)7-26-16-20-19-14(21(16)2)10-3-4-11-12(5-10)24-8-23-11/h3-6H,7-8H2,1-2H3,(H,17,18,22). The number of aryl methyl sites for hydroxylation is 1. The number of nitrogens with zero attached hydrogens (tertiary/aromatic N) is 4. The minimum Gasteiger partial charge on any atom is -0.454 e. The van der Waals surface area contributed by atoms with E-state index in [4.69, 9.17) is 9.47 Å². The van der Waals surface area contributed by atoms with Gasteiger partial charge in [-0.15, -0.1) is 21.5 Å². The molecular formula is C16H15N5O3S2. The van der Waals surface area contributed by atoms with Crippen molar-refractivity contribution < 1.29 is 14.3 Å². The van der Waals surface area contributed by atoms with E-state index in [0.717, 1.165) is 17.0 Å². The van der Waals surface area contributed by atoms with Gasteiger partial charge in [0.2, 0.25) is 12.7 Å². The molecule has 1 aromatic carbocycles. The van der Waals surface area contributed by atoms with Gasteiger partial charge in [0.05, 0.1) is 11.4 Å². The Morgan fingerprint density at radius 1 is 1.35 bits per heavy atom. The third-order valence-corrected chi connectivity index (χ3v) is 5.56. The van der Waals surface area contributed by atoms with Crippen LogP contribution in [0.2, 0.25) is 0 Å². The molecule has 1 N–H and O–H groups in total. The molecule has 0 spiro atoms. The number of fused-ring (bicyclic) bond motifs is 1. The van der Waals surface area contributed by atoms with Crippen molar-refractivity contribution >= 4 is 34.1 Å². The van der Waals surface area contributed by atoms with E-state index < -0.39 is 0 Å². The van der Waals surface area contributed by atoms with Crippen LogP contribution >= 0.6 is 23.1 Å². The van der Waals surface area contributed by atoms with Crippen molar-refractivity contribution in [2.75, 3.05) is 17.9 Å². The predicted molar refractivity (Wildman–Crippen MR) is 98.8 cm³/mol. The molecule has 8 nitrogen and oxygen atoms in total. The van der Waals surface area contributed by atoms with Gasteiger partial charge in [0.1, 0.15) is 0 Å². The number of benzene rings is 1. The summed E-state index contributed by atoms with van der Waals surface area (Å²) in [6.07, 6.45) is 0. The first-order chi connectivity index (χ1) is 12.6. The predicted octanol–water partition coefficient (Wildman–Crippen LogP) is 2.71. The van der Waals surface area contributed by atoms with Gasteiger partial charge in [0, 0.05) is 18.0 Å². The molecule has 0 atom stereocenters. The lowest BCUT2D eigenvalue weighted by molar-refractivity contribution is -0.113. The first kappa shape index (κ1) is 16.9. The summed E-state index contributed by atoms with van der Waals surface area (Å²) in [6.45, 7) is 2.12. The molecule has 3 heterocycles. The number of thioether (sulfide) groups is 1. The quantitative estimate of drug-likeness (QED) is 0.671. The second-order valence-electron chi connectivity index (χ2n) is 5.56. The lowest BCUT2D eigenvalue weighted by Gasteiger charge is -2.05. The van der Waals surface area contributed by atoms with Crippen molar-refractivity contribution in [3.63, 3.8) is 0 Å². The Hall–Kier alpha value is -2.59. The molecule has 1 amide bonds. The van der Waals surface area contributed by atoms with Crippen LogP contribution in [0.1, 0.15) is 5.69 Å². The number of ether oxygens (including phenoxy) is 2. The van der Waals surface area contributed by atoms with Crippen LogP contribution in [0.15, 0.2) is 28.7 Å². The molecule has 4 rings (SSSR count). The largest absolute Gasteiger partial charge is 0.454 e. The fraction of sp³-hybridized carbons (Fsp3) is 0.250. The van der Waals surface area contributed by atoms with Crippen molar-refractivity contribution in [2.45, 2.75) is 12.1 Å².